The molecule has 0 aliphatic carbocycles. The molecule has 2 rings (SSSR count). The molecule has 23 heavy (non-hydrogen) atoms. The van der Waals surface area contributed by atoms with E-state index in [1.165, 1.54) is 0 Å². The van der Waals surface area contributed by atoms with Gasteiger partial charge in [0.05, 0.1) is 6.04 Å². The van der Waals surface area contributed by atoms with Crippen molar-refractivity contribution < 1.29 is 14.3 Å². The van der Waals surface area contributed by atoms with Crippen molar-refractivity contribution in [2.45, 2.75) is 25.8 Å². The molecule has 1 N–H and O–H groups in total. The Morgan fingerprint density at radius 3 is 2.26 bits per heavy atom. The van der Waals surface area contributed by atoms with E-state index >= 15 is 0 Å². The Bertz CT molecular complexity index is 626. The molecule has 0 saturated heterocycles. The first kappa shape index (κ1) is 16.7. The van der Waals surface area contributed by atoms with Crippen molar-refractivity contribution >= 4 is 11.9 Å². The van der Waals surface area contributed by atoms with Gasteiger partial charge in [-0.1, -0.05) is 60.7 Å². The quantitative estimate of drug-likeness (QED) is 0.800. The molecule has 1 amide bonds. The summed E-state index contributed by atoms with van der Waals surface area (Å²) >= 11 is 0. The first-order valence-corrected chi connectivity index (χ1v) is 7.69. The van der Waals surface area contributed by atoms with Gasteiger partial charge in [0.2, 0.25) is 0 Å². The van der Waals surface area contributed by atoms with E-state index in [-0.39, 0.29) is 30.9 Å². The third kappa shape index (κ3) is 5.94. The van der Waals surface area contributed by atoms with Crippen LogP contribution in [0.15, 0.2) is 60.7 Å². The van der Waals surface area contributed by atoms with Gasteiger partial charge in [-0.2, -0.15) is 0 Å². The number of carbonyl (C=O) groups is 2. The molecule has 0 aliphatic rings. The lowest BCUT2D eigenvalue weighted by Crippen LogP contribution is -2.31. The Morgan fingerprint density at radius 1 is 1.00 bits per heavy atom. The summed E-state index contributed by atoms with van der Waals surface area (Å²) < 4.78 is 5.01. The molecule has 1 atom stereocenters. The van der Waals surface area contributed by atoms with E-state index < -0.39 is 0 Å². The van der Waals surface area contributed by atoms with Gasteiger partial charge < -0.3 is 10.1 Å². The maximum Gasteiger partial charge on any atom is 0.306 e. The van der Waals surface area contributed by atoms with Crippen molar-refractivity contribution in [3.8, 4) is 0 Å². The molecule has 4 heteroatoms. The second-order valence-electron chi connectivity index (χ2n) is 5.35. The molecule has 4 nitrogen and oxygen atoms in total. The van der Waals surface area contributed by atoms with Crippen molar-refractivity contribution in [1.82, 2.24) is 5.32 Å². The Balaban J connectivity index is 1.68. The SMILES string of the molecule is C[C@@H](NC(=O)COC(=O)CCc1ccccc1)c1ccccc1. The van der Waals surface area contributed by atoms with Crippen LogP contribution in [0.2, 0.25) is 0 Å². The van der Waals surface area contributed by atoms with Crippen LogP contribution in [0.3, 0.4) is 0 Å². The Kier molecular flexibility index (Phi) is 6.36. The van der Waals surface area contributed by atoms with E-state index in [9.17, 15) is 9.59 Å². The third-order valence-corrected chi connectivity index (χ3v) is 3.50. The standard InChI is InChI=1S/C19H21NO3/c1-15(17-10-6-3-7-11-17)20-18(21)14-23-19(22)13-12-16-8-4-2-5-9-16/h2-11,15H,12-14H2,1H3,(H,20,21)/t15-/m1/s1. The highest BCUT2D eigenvalue weighted by molar-refractivity contribution is 5.80. The molecule has 120 valence electrons. The molecule has 2 aromatic rings. The molecule has 0 spiro atoms. The van der Waals surface area contributed by atoms with E-state index in [0.717, 1.165) is 11.1 Å². The number of esters is 1. The summed E-state index contributed by atoms with van der Waals surface area (Å²) in [6, 6.07) is 19.2. The zero-order valence-corrected chi connectivity index (χ0v) is 13.2. The molecular weight excluding hydrogens is 290 g/mol. The van der Waals surface area contributed by atoms with Crippen LogP contribution >= 0.6 is 0 Å². The second kappa shape index (κ2) is 8.73. The summed E-state index contributed by atoms with van der Waals surface area (Å²) in [6.07, 6.45) is 0.882. The van der Waals surface area contributed by atoms with Gasteiger partial charge in [-0.3, -0.25) is 9.59 Å². The highest BCUT2D eigenvalue weighted by atomic mass is 16.5. The average Bonchev–Trinajstić information content (AvgIpc) is 2.60. The number of ether oxygens (including phenoxy) is 1. The summed E-state index contributed by atoms with van der Waals surface area (Å²) in [5.74, 6) is -0.661. The molecule has 0 radical (unpaired) electrons. The van der Waals surface area contributed by atoms with Crippen molar-refractivity contribution in [2.75, 3.05) is 6.61 Å². The lowest BCUT2D eigenvalue weighted by Gasteiger charge is -2.14. The molecule has 0 bridgehead atoms. The van der Waals surface area contributed by atoms with Crippen LogP contribution in [0.5, 0.6) is 0 Å². The number of nitrogens with one attached hydrogen (secondary N) is 1. The van der Waals surface area contributed by atoms with Crippen molar-refractivity contribution in [3.63, 3.8) is 0 Å². The van der Waals surface area contributed by atoms with Gasteiger partial charge in [0.15, 0.2) is 6.61 Å². The fraction of sp³-hybridized carbons (Fsp3) is 0.263. The summed E-state index contributed by atoms with van der Waals surface area (Å²) in [5.41, 5.74) is 2.09. The molecule has 0 heterocycles. The van der Waals surface area contributed by atoms with Crippen LogP contribution in [0.4, 0.5) is 0 Å². The van der Waals surface area contributed by atoms with E-state index in [0.29, 0.717) is 6.42 Å². The first-order valence-electron chi connectivity index (χ1n) is 7.69. The molecule has 0 saturated carbocycles. The highest BCUT2D eigenvalue weighted by Crippen LogP contribution is 2.10. The largest absolute Gasteiger partial charge is 0.456 e. The molecule has 0 fully saturated rings. The number of carbonyl (C=O) groups excluding carboxylic acids is 2. The average molecular weight is 311 g/mol. The highest BCUT2D eigenvalue weighted by Gasteiger charge is 2.11. The smallest absolute Gasteiger partial charge is 0.306 e. The third-order valence-electron chi connectivity index (χ3n) is 3.50. The van der Waals surface area contributed by atoms with Gasteiger partial charge in [0.25, 0.3) is 5.91 Å². The summed E-state index contributed by atoms with van der Waals surface area (Å²) in [5, 5.41) is 2.81. The maximum atomic E-state index is 11.8. The first-order chi connectivity index (χ1) is 11.1. The zero-order valence-electron chi connectivity index (χ0n) is 13.2. The monoisotopic (exact) mass is 311 g/mol. The number of aryl methyl sites for hydroxylation is 1. The minimum atomic E-state index is -0.364. The molecule has 2 aromatic carbocycles. The van der Waals surface area contributed by atoms with Crippen molar-refractivity contribution in [2.24, 2.45) is 0 Å². The van der Waals surface area contributed by atoms with Crippen molar-refractivity contribution in [3.05, 3.63) is 71.8 Å². The summed E-state index contributed by atoms with van der Waals surface area (Å²) in [6.45, 7) is 1.65. The Morgan fingerprint density at radius 2 is 1.61 bits per heavy atom. The van der Waals surface area contributed by atoms with Gasteiger partial charge in [-0.25, -0.2) is 0 Å². The minimum Gasteiger partial charge on any atom is -0.456 e. The number of amides is 1. The Hall–Kier alpha value is -2.62. The van der Waals surface area contributed by atoms with E-state index in [2.05, 4.69) is 5.32 Å². The summed E-state index contributed by atoms with van der Waals surface area (Å²) in [7, 11) is 0. The van der Waals surface area contributed by atoms with Gasteiger partial charge in [-0.05, 0) is 24.5 Å². The number of rotatable bonds is 7. The van der Waals surface area contributed by atoms with Crippen LogP contribution in [0.1, 0.15) is 30.5 Å². The molecular formula is C19H21NO3. The lowest BCUT2D eigenvalue weighted by molar-refractivity contribution is -0.148. The molecule has 0 aromatic heterocycles. The normalized spacial score (nSPS) is 11.5. The predicted octanol–water partition coefficient (Wildman–Crippen LogP) is 3.04. The second-order valence-corrected chi connectivity index (χ2v) is 5.35. The topological polar surface area (TPSA) is 55.4 Å². The fourth-order valence-corrected chi connectivity index (χ4v) is 2.22. The lowest BCUT2D eigenvalue weighted by atomic mass is 10.1. The van der Waals surface area contributed by atoms with Gasteiger partial charge in [0.1, 0.15) is 0 Å². The van der Waals surface area contributed by atoms with Crippen molar-refractivity contribution in [1.29, 1.82) is 0 Å². The number of hydrogen-bond acceptors (Lipinski definition) is 3. The zero-order chi connectivity index (χ0) is 16.5. The van der Waals surface area contributed by atoms with Crippen LogP contribution in [-0.4, -0.2) is 18.5 Å². The number of hydrogen-bond donors (Lipinski definition) is 1. The van der Waals surface area contributed by atoms with Gasteiger partial charge in [-0.15, -0.1) is 0 Å². The van der Waals surface area contributed by atoms with Crippen LogP contribution in [-0.2, 0) is 20.7 Å². The Labute approximate surface area is 136 Å². The number of benzene rings is 2. The van der Waals surface area contributed by atoms with Crippen LogP contribution in [0, 0.1) is 0 Å². The maximum absolute atomic E-state index is 11.8. The van der Waals surface area contributed by atoms with E-state index in [1.54, 1.807) is 0 Å². The minimum absolute atomic E-state index is 0.119. The van der Waals surface area contributed by atoms with Crippen LogP contribution < -0.4 is 5.32 Å². The predicted molar refractivity (Wildman–Crippen MR) is 88.7 cm³/mol. The van der Waals surface area contributed by atoms with Gasteiger partial charge in [0, 0.05) is 6.42 Å². The fourth-order valence-electron chi connectivity index (χ4n) is 2.22. The molecule has 0 aliphatic heterocycles. The van der Waals surface area contributed by atoms with Gasteiger partial charge >= 0.3 is 5.97 Å². The van der Waals surface area contributed by atoms with E-state index in [4.69, 9.17) is 4.74 Å². The molecule has 0 unspecified atom stereocenters. The van der Waals surface area contributed by atoms with E-state index in [1.807, 2.05) is 67.6 Å². The van der Waals surface area contributed by atoms with Crippen LogP contribution in [0.25, 0.3) is 0 Å². The summed E-state index contributed by atoms with van der Waals surface area (Å²) in [4.78, 5) is 23.5.